The van der Waals surface area contributed by atoms with Gasteiger partial charge in [-0.05, 0) is 26.3 Å². The highest BCUT2D eigenvalue weighted by Crippen LogP contribution is 2.16. The number of hydrogen-bond acceptors (Lipinski definition) is 3. The maximum absolute atomic E-state index is 4.38. The molecule has 104 valence electrons. The van der Waals surface area contributed by atoms with Gasteiger partial charge in [0.1, 0.15) is 0 Å². The normalized spacial score (nSPS) is 12.8. The zero-order valence-corrected chi connectivity index (χ0v) is 12.2. The molecule has 2 aromatic heterocycles. The average Bonchev–Trinajstić information content (AvgIpc) is 2.93. The third-order valence-electron chi connectivity index (χ3n) is 3.35. The molecule has 0 radical (unpaired) electrons. The Bertz CT molecular complexity index is 526. The predicted molar refractivity (Wildman–Crippen MR) is 75.7 cm³/mol. The first-order valence-electron chi connectivity index (χ1n) is 6.86. The molecule has 0 aromatic carbocycles. The molecule has 0 aliphatic heterocycles. The average molecular weight is 261 g/mol. The van der Waals surface area contributed by atoms with Crippen molar-refractivity contribution in [3.8, 4) is 0 Å². The van der Waals surface area contributed by atoms with Crippen molar-refractivity contribution in [2.45, 2.75) is 46.3 Å². The van der Waals surface area contributed by atoms with Gasteiger partial charge in [0.2, 0.25) is 0 Å². The van der Waals surface area contributed by atoms with E-state index in [0.29, 0.717) is 6.04 Å². The summed E-state index contributed by atoms with van der Waals surface area (Å²) >= 11 is 0. The second-order valence-corrected chi connectivity index (χ2v) is 4.99. The minimum absolute atomic E-state index is 0.290. The summed E-state index contributed by atoms with van der Waals surface area (Å²) in [4.78, 5) is 0. The number of aryl methyl sites for hydroxylation is 3. The van der Waals surface area contributed by atoms with Gasteiger partial charge in [-0.3, -0.25) is 9.36 Å². The molecule has 0 fully saturated rings. The molecule has 0 saturated heterocycles. The Balaban J connectivity index is 1.98. The fourth-order valence-electron chi connectivity index (χ4n) is 2.33. The van der Waals surface area contributed by atoms with Crippen LogP contribution in [0.4, 0.5) is 0 Å². The summed E-state index contributed by atoms with van der Waals surface area (Å²) in [5.41, 5.74) is 3.57. The first-order chi connectivity index (χ1) is 9.11. The number of nitrogens with zero attached hydrogens (tertiary/aromatic N) is 4. The summed E-state index contributed by atoms with van der Waals surface area (Å²) in [6.45, 7) is 8.19. The van der Waals surface area contributed by atoms with Crippen molar-refractivity contribution in [1.29, 1.82) is 0 Å². The van der Waals surface area contributed by atoms with Crippen molar-refractivity contribution in [2.24, 2.45) is 7.05 Å². The zero-order valence-electron chi connectivity index (χ0n) is 12.2. The van der Waals surface area contributed by atoms with Crippen molar-refractivity contribution >= 4 is 0 Å². The summed E-state index contributed by atoms with van der Waals surface area (Å²) in [6, 6.07) is 2.37. The largest absolute Gasteiger partial charge is 0.304 e. The van der Waals surface area contributed by atoms with Gasteiger partial charge in [-0.15, -0.1) is 0 Å². The fraction of sp³-hybridized carbons (Fsp3) is 0.571. The molecular formula is C14H23N5. The monoisotopic (exact) mass is 261 g/mol. The molecule has 5 nitrogen and oxygen atoms in total. The number of aromatic nitrogens is 4. The second-order valence-electron chi connectivity index (χ2n) is 4.99. The fourth-order valence-corrected chi connectivity index (χ4v) is 2.33. The van der Waals surface area contributed by atoms with Crippen molar-refractivity contribution in [3.63, 3.8) is 0 Å². The summed E-state index contributed by atoms with van der Waals surface area (Å²) in [6.07, 6.45) is 5.05. The Kier molecular flexibility index (Phi) is 4.37. The van der Waals surface area contributed by atoms with Crippen molar-refractivity contribution in [1.82, 2.24) is 24.9 Å². The Morgan fingerprint density at radius 3 is 2.84 bits per heavy atom. The summed E-state index contributed by atoms with van der Waals surface area (Å²) < 4.78 is 3.93. The molecule has 1 atom stereocenters. The molecule has 0 saturated carbocycles. The highest BCUT2D eigenvalue weighted by Gasteiger charge is 2.12. The van der Waals surface area contributed by atoms with E-state index in [1.54, 1.807) is 0 Å². The van der Waals surface area contributed by atoms with Gasteiger partial charge in [0.05, 0.1) is 11.4 Å². The van der Waals surface area contributed by atoms with Crippen LogP contribution in [0.15, 0.2) is 18.5 Å². The zero-order chi connectivity index (χ0) is 13.8. The van der Waals surface area contributed by atoms with Gasteiger partial charge in [-0.1, -0.05) is 6.92 Å². The van der Waals surface area contributed by atoms with E-state index in [0.717, 1.165) is 25.2 Å². The Hall–Kier alpha value is -1.62. The first-order valence-corrected chi connectivity index (χ1v) is 6.86. The Morgan fingerprint density at radius 2 is 2.21 bits per heavy atom. The van der Waals surface area contributed by atoms with Gasteiger partial charge >= 0.3 is 0 Å². The Morgan fingerprint density at radius 1 is 1.42 bits per heavy atom. The molecule has 19 heavy (non-hydrogen) atoms. The van der Waals surface area contributed by atoms with Crippen molar-refractivity contribution < 1.29 is 0 Å². The highest BCUT2D eigenvalue weighted by atomic mass is 15.3. The molecule has 0 aliphatic carbocycles. The van der Waals surface area contributed by atoms with Gasteiger partial charge < -0.3 is 5.32 Å². The van der Waals surface area contributed by atoms with Crippen LogP contribution in [0, 0.1) is 6.92 Å². The van der Waals surface area contributed by atoms with Crippen LogP contribution in [0.2, 0.25) is 0 Å². The van der Waals surface area contributed by atoms with Crippen LogP contribution in [0.1, 0.15) is 43.3 Å². The van der Waals surface area contributed by atoms with E-state index in [-0.39, 0.29) is 0 Å². The van der Waals surface area contributed by atoms with Crippen molar-refractivity contribution in [3.05, 3.63) is 35.4 Å². The van der Waals surface area contributed by atoms with E-state index in [2.05, 4.69) is 53.2 Å². The second kappa shape index (κ2) is 6.02. The van der Waals surface area contributed by atoms with E-state index >= 15 is 0 Å². The van der Waals surface area contributed by atoms with Gasteiger partial charge in [0.25, 0.3) is 0 Å². The summed E-state index contributed by atoms with van der Waals surface area (Å²) in [7, 11) is 1.96. The highest BCUT2D eigenvalue weighted by molar-refractivity contribution is 5.19. The number of rotatable bonds is 6. The molecule has 0 amide bonds. The SMILES string of the molecule is CCCn1nccc1CNC(C)c1cn(C)nc1C. The van der Waals surface area contributed by atoms with Crippen LogP contribution in [0.25, 0.3) is 0 Å². The maximum atomic E-state index is 4.38. The van der Waals surface area contributed by atoms with E-state index in [1.807, 2.05) is 17.9 Å². The summed E-state index contributed by atoms with van der Waals surface area (Å²) in [5, 5.41) is 12.3. The molecule has 2 rings (SSSR count). The van der Waals surface area contributed by atoms with Crippen LogP contribution in [0.5, 0.6) is 0 Å². The lowest BCUT2D eigenvalue weighted by molar-refractivity contribution is 0.516. The van der Waals surface area contributed by atoms with Crippen LogP contribution in [0.3, 0.4) is 0 Å². The first kappa shape index (κ1) is 13.8. The topological polar surface area (TPSA) is 47.7 Å². The minimum atomic E-state index is 0.290. The molecule has 1 N–H and O–H groups in total. The van der Waals surface area contributed by atoms with Gasteiger partial charge in [0.15, 0.2) is 0 Å². The molecule has 2 aromatic rings. The molecule has 0 spiro atoms. The molecular weight excluding hydrogens is 238 g/mol. The van der Waals surface area contributed by atoms with Crippen LogP contribution >= 0.6 is 0 Å². The van der Waals surface area contributed by atoms with Gasteiger partial charge in [-0.2, -0.15) is 10.2 Å². The lowest BCUT2D eigenvalue weighted by atomic mass is 10.1. The third kappa shape index (κ3) is 3.23. The third-order valence-corrected chi connectivity index (χ3v) is 3.35. The van der Waals surface area contributed by atoms with E-state index in [4.69, 9.17) is 0 Å². The standard InChI is InChI=1S/C14H23N5/c1-5-8-19-13(6-7-16-19)9-15-11(2)14-10-18(4)17-12(14)3/h6-7,10-11,15H,5,8-9H2,1-4H3. The van der Waals surface area contributed by atoms with E-state index < -0.39 is 0 Å². The molecule has 2 heterocycles. The molecule has 1 unspecified atom stereocenters. The quantitative estimate of drug-likeness (QED) is 0.867. The number of nitrogens with one attached hydrogen (secondary N) is 1. The van der Waals surface area contributed by atoms with Gasteiger partial charge in [0, 0.05) is 44.1 Å². The Labute approximate surface area is 114 Å². The van der Waals surface area contributed by atoms with E-state index in [9.17, 15) is 0 Å². The van der Waals surface area contributed by atoms with Crippen LogP contribution < -0.4 is 5.32 Å². The van der Waals surface area contributed by atoms with Crippen molar-refractivity contribution in [2.75, 3.05) is 0 Å². The summed E-state index contributed by atoms with van der Waals surface area (Å²) in [5.74, 6) is 0. The van der Waals surface area contributed by atoms with Gasteiger partial charge in [-0.25, -0.2) is 0 Å². The predicted octanol–water partition coefficient (Wildman–Crippen LogP) is 2.19. The maximum Gasteiger partial charge on any atom is 0.0641 e. The molecule has 0 bridgehead atoms. The number of hydrogen-bond donors (Lipinski definition) is 1. The minimum Gasteiger partial charge on any atom is -0.304 e. The van der Waals surface area contributed by atoms with E-state index in [1.165, 1.54) is 11.3 Å². The smallest absolute Gasteiger partial charge is 0.0641 e. The lowest BCUT2D eigenvalue weighted by Gasteiger charge is -2.14. The van der Waals surface area contributed by atoms with Crippen LogP contribution in [-0.2, 0) is 20.1 Å². The lowest BCUT2D eigenvalue weighted by Crippen LogP contribution is -2.20. The van der Waals surface area contributed by atoms with Crippen LogP contribution in [-0.4, -0.2) is 19.6 Å². The molecule has 5 heteroatoms. The molecule has 0 aliphatic rings.